The maximum atomic E-state index is 17.0. The summed E-state index contributed by atoms with van der Waals surface area (Å²) in [4.78, 5) is 14.1. The molecule has 6 atom stereocenters. The van der Waals surface area contributed by atoms with Crippen LogP contribution in [-0.2, 0) is 15.9 Å². The SMILES string of the molecule is CCc1cccc2cc(O)cc(-c3c(F)cc4c(N5C[C@H]6CC[C@@H](C5)N6)nc(OC[C@@H](CN5[C@@H]6CC[C@H]5CC(OC)C6)OC)nc4c3F)c12. The molecule has 3 aromatic carbocycles. The molecule has 4 fully saturated rings. The summed E-state index contributed by atoms with van der Waals surface area (Å²) < 4.78 is 51.2. The van der Waals surface area contributed by atoms with E-state index in [1.165, 1.54) is 12.1 Å². The zero-order valence-electron chi connectivity index (χ0n) is 28.4. The number of aryl methyl sites for hydroxylation is 1. The van der Waals surface area contributed by atoms with Gasteiger partial charge in [-0.3, -0.25) is 4.90 Å². The molecule has 0 radical (unpaired) electrons. The summed E-state index contributed by atoms with van der Waals surface area (Å²) >= 11 is 0. The Hall–Kier alpha value is -3.64. The molecule has 0 aliphatic carbocycles. The zero-order valence-corrected chi connectivity index (χ0v) is 28.4. The first-order valence-electron chi connectivity index (χ1n) is 17.7. The molecule has 1 unspecified atom stereocenters. The van der Waals surface area contributed by atoms with Gasteiger partial charge in [0, 0.05) is 63.4 Å². The predicted molar refractivity (Wildman–Crippen MR) is 185 cm³/mol. The first-order chi connectivity index (χ1) is 23.8. The number of piperidine rings is 1. The van der Waals surface area contributed by atoms with Crippen LogP contribution in [0.3, 0.4) is 0 Å². The summed E-state index contributed by atoms with van der Waals surface area (Å²) in [6, 6.07) is 11.6. The average molecular weight is 674 g/mol. The third-order valence-electron chi connectivity index (χ3n) is 11.4. The Bertz CT molecular complexity index is 1850. The minimum atomic E-state index is -0.805. The molecular weight excluding hydrogens is 628 g/mol. The van der Waals surface area contributed by atoms with Gasteiger partial charge in [0.15, 0.2) is 5.82 Å². The third kappa shape index (κ3) is 5.98. The number of hydrogen-bond donors (Lipinski definition) is 2. The lowest BCUT2D eigenvalue weighted by Crippen LogP contribution is -2.51. The number of hydrogen-bond acceptors (Lipinski definition) is 9. The van der Waals surface area contributed by atoms with Crippen LogP contribution in [0.5, 0.6) is 11.8 Å². The Kier molecular flexibility index (Phi) is 8.80. The molecule has 4 saturated heterocycles. The summed E-state index contributed by atoms with van der Waals surface area (Å²) in [6.45, 7) is 4.24. The topological polar surface area (TPSA) is 92.2 Å². The highest BCUT2D eigenvalue weighted by Crippen LogP contribution is 2.42. The summed E-state index contributed by atoms with van der Waals surface area (Å²) in [5.74, 6) is -1.14. The fraction of sp³-hybridized carbons (Fsp3) is 0.526. The number of aromatic hydroxyl groups is 1. The molecule has 11 heteroatoms. The van der Waals surface area contributed by atoms with Crippen molar-refractivity contribution < 1.29 is 28.1 Å². The number of nitrogens with zero attached hydrogens (tertiary/aromatic N) is 4. The van der Waals surface area contributed by atoms with Gasteiger partial charge in [-0.2, -0.15) is 9.97 Å². The van der Waals surface area contributed by atoms with E-state index in [-0.39, 0.29) is 47.6 Å². The number of rotatable bonds is 10. The molecule has 4 aliphatic rings. The largest absolute Gasteiger partial charge is 0.508 e. The molecule has 8 rings (SSSR count). The number of fused-ring (bicyclic) bond motifs is 6. The van der Waals surface area contributed by atoms with Crippen molar-refractivity contribution in [2.45, 2.75) is 88.2 Å². The Balaban J connectivity index is 1.18. The Labute approximate surface area is 285 Å². The number of phenolic OH excluding ortho intramolecular Hbond substituents is 1. The van der Waals surface area contributed by atoms with Crippen molar-refractivity contribution in [2.24, 2.45) is 0 Å². The highest BCUT2D eigenvalue weighted by molar-refractivity contribution is 6.03. The van der Waals surface area contributed by atoms with Crippen LogP contribution in [0.2, 0.25) is 0 Å². The first kappa shape index (κ1) is 32.6. The van der Waals surface area contributed by atoms with Crippen LogP contribution in [0.4, 0.5) is 14.6 Å². The van der Waals surface area contributed by atoms with Crippen LogP contribution in [0.15, 0.2) is 36.4 Å². The number of anilines is 1. The van der Waals surface area contributed by atoms with Crippen molar-refractivity contribution >= 4 is 27.5 Å². The number of piperazine rings is 1. The highest BCUT2D eigenvalue weighted by atomic mass is 19.1. The first-order valence-corrected chi connectivity index (χ1v) is 17.7. The van der Waals surface area contributed by atoms with E-state index in [1.54, 1.807) is 20.3 Å². The normalized spacial score (nSPS) is 25.8. The van der Waals surface area contributed by atoms with E-state index in [0.29, 0.717) is 71.8 Å². The van der Waals surface area contributed by atoms with Gasteiger partial charge in [-0.25, -0.2) is 8.78 Å². The van der Waals surface area contributed by atoms with E-state index in [9.17, 15) is 5.11 Å². The van der Waals surface area contributed by atoms with E-state index in [0.717, 1.165) is 44.1 Å². The molecule has 260 valence electrons. The maximum absolute atomic E-state index is 17.0. The smallest absolute Gasteiger partial charge is 0.319 e. The monoisotopic (exact) mass is 673 g/mol. The zero-order chi connectivity index (χ0) is 33.8. The second kappa shape index (κ2) is 13.2. The molecule has 4 bridgehead atoms. The minimum absolute atomic E-state index is 0.0126. The van der Waals surface area contributed by atoms with Crippen LogP contribution in [-0.4, -0.2) is 96.8 Å². The summed E-state index contributed by atoms with van der Waals surface area (Å²) in [5.41, 5.74) is 0.982. The number of methoxy groups -OCH3 is 2. The number of ether oxygens (including phenoxy) is 3. The number of nitrogens with one attached hydrogen (secondary N) is 1. The van der Waals surface area contributed by atoms with E-state index in [1.807, 2.05) is 25.1 Å². The second-order valence-electron chi connectivity index (χ2n) is 14.3. The quantitative estimate of drug-likeness (QED) is 0.211. The Morgan fingerprint density at radius 3 is 2.45 bits per heavy atom. The van der Waals surface area contributed by atoms with Gasteiger partial charge in [0.05, 0.1) is 11.7 Å². The molecule has 5 heterocycles. The molecule has 49 heavy (non-hydrogen) atoms. The van der Waals surface area contributed by atoms with E-state index in [4.69, 9.17) is 19.2 Å². The number of phenols is 1. The second-order valence-corrected chi connectivity index (χ2v) is 14.3. The van der Waals surface area contributed by atoms with Gasteiger partial charge in [-0.1, -0.05) is 25.1 Å². The van der Waals surface area contributed by atoms with Crippen LogP contribution < -0.4 is 15.0 Å². The molecule has 9 nitrogen and oxygen atoms in total. The standard InChI is InChI=1S/C38H45F2N5O4/c1-4-21-6-5-7-22-12-27(46)15-30(33(21)22)34-32(39)16-31-36(35(34)40)42-38(43-37(31)44-17-23-8-9-24(18-44)41-23)49-20-29(48-3)19-45-25-10-11-26(45)14-28(13-25)47-2/h5-7,12,15-16,23-26,28-29,41,46H,4,8-11,13-14,17-20H2,1-3H3/t23-,24+,25-,26+,28?,29-/m1/s1. The van der Waals surface area contributed by atoms with E-state index in [2.05, 4.69) is 20.1 Å². The molecule has 0 spiro atoms. The third-order valence-corrected chi connectivity index (χ3v) is 11.4. The summed E-state index contributed by atoms with van der Waals surface area (Å²) in [6.07, 6.45) is 7.13. The number of aromatic nitrogens is 2. The molecule has 4 aliphatic heterocycles. The minimum Gasteiger partial charge on any atom is -0.508 e. The molecule has 0 amide bonds. The fourth-order valence-electron chi connectivity index (χ4n) is 8.98. The van der Waals surface area contributed by atoms with Crippen LogP contribution in [0.1, 0.15) is 51.0 Å². The van der Waals surface area contributed by atoms with E-state index >= 15 is 8.78 Å². The van der Waals surface area contributed by atoms with Gasteiger partial charge in [-0.15, -0.1) is 0 Å². The van der Waals surface area contributed by atoms with Gasteiger partial charge >= 0.3 is 6.01 Å². The van der Waals surface area contributed by atoms with Gasteiger partial charge in [0.25, 0.3) is 0 Å². The summed E-state index contributed by atoms with van der Waals surface area (Å²) in [7, 11) is 3.48. The van der Waals surface area contributed by atoms with Crippen molar-refractivity contribution in [3.63, 3.8) is 0 Å². The molecule has 2 N–H and O–H groups in total. The Morgan fingerprint density at radius 1 is 1.00 bits per heavy atom. The van der Waals surface area contributed by atoms with Crippen molar-refractivity contribution in [1.82, 2.24) is 20.2 Å². The van der Waals surface area contributed by atoms with Crippen LogP contribution in [0.25, 0.3) is 32.8 Å². The molecule has 1 aromatic heterocycles. The van der Waals surface area contributed by atoms with Gasteiger partial charge in [0.2, 0.25) is 0 Å². The average Bonchev–Trinajstić information content (AvgIpc) is 3.55. The maximum Gasteiger partial charge on any atom is 0.319 e. The molecular formula is C38H45F2N5O4. The lowest BCUT2D eigenvalue weighted by molar-refractivity contribution is -0.0299. The lowest BCUT2D eigenvalue weighted by Gasteiger charge is -2.39. The Morgan fingerprint density at radius 2 is 1.76 bits per heavy atom. The van der Waals surface area contributed by atoms with Crippen LogP contribution >= 0.6 is 0 Å². The van der Waals surface area contributed by atoms with Gasteiger partial charge in [-0.05, 0) is 85.0 Å². The highest BCUT2D eigenvalue weighted by Gasteiger charge is 2.42. The molecule has 4 aromatic rings. The van der Waals surface area contributed by atoms with E-state index < -0.39 is 11.6 Å². The number of benzene rings is 3. The van der Waals surface area contributed by atoms with Crippen molar-refractivity contribution in [3.05, 3.63) is 53.6 Å². The van der Waals surface area contributed by atoms with Crippen molar-refractivity contribution in [3.8, 4) is 22.9 Å². The van der Waals surface area contributed by atoms with Crippen LogP contribution in [0, 0.1) is 11.6 Å². The van der Waals surface area contributed by atoms with Crippen molar-refractivity contribution in [2.75, 3.05) is 45.4 Å². The molecule has 0 saturated carbocycles. The predicted octanol–water partition coefficient (Wildman–Crippen LogP) is 5.97. The number of halogens is 2. The van der Waals surface area contributed by atoms with Gasteiger partial charge < -0.3 is 29.5 Å². The lowest BCUT2D eigenvalue weighted by atomic mass is 9.92. The summed E-state index contributed by atoms with van der Waals surface area (Å²) in [5, 5.41) is 16.0. The fourth-order valence-corrected chi connectivity index (χ4v) is 8.98. The van der Waals surface area contributed by atoms with Gasteiger partial charge in [0.1, 0.15) is 35.6 Å². The van der Waals surface area contributed by atoms with Crippen molar-refractivity contribution in [1.29, 1.82) is 0 Å².